The number of rotatable bonds is 8. The second-order valence-corrected chi connectivity index (χ2v) is 8.80. The van der Waals surface area contributed by atoms with Gasteiger partial charge in [0, 0.05) is 18.8 Å². The molecule has 2 aromatic rings. The minimum atomic E-state index is -3.65. The number of hydrogen-bond acceptors (Lipinski definition) is 4. The highest BCUT2D eigenvalue weighted by atomic mass is 32.2. The molecule has 1 aliphatic rings. The van der Waals surface area contributed by atoms with Crippen LogP contribution in [0.1, 0.15) is 37.3 Å². The van der Waals surface area contributed by atoms with Gasteiger partial charge in [0.25, 0.3) is 10.0 Å². The highest BCUT2D eigenvalue weighted by molar-refractivity contribution is 7.92. The van der Waals surface area contributed by atoms with Gasteiger partial charge in [0.1, 0.15) is 6.04 Å². The molecule has 1 heterocycles. The monoisotopic (exact) mass is 402 g/mol. The average Bonchev–Trinajstić information content (AvgIpc) is 2.68. The Morgan fingerprint density at radius 1 is 1.18 bits per heavy atom. The summed E-state index contributed by atoms with van der Waals surface area (Å²) in [5.74, 6) is -0.794. The Morgan fingerprint density at radius 2 is 1.93 bits per heavy atom. The summed E-state index contributed by atoms with van der Waals surface area (Å²) in [5, 5.41) is 9.60. The van der Waals surface area contributed by atoms with Gasteiger partial charge in [-0.15, -0.1) is 0 Å². The second-order valence-electron chi connectivity index (χ2n) is 7.12. The maximum absolute atomic E-state index is 12.6. The van der Waals surface area contributed by atoms with Crippen molar-refractivity contribution in [1.82, 2.24) is 4.90 Å². The average molecular weight is 403 g/mol. The summed E-state index contributed by atoms with van der Waals surface area (Å²) in [6.07, 6.45) is 3.22. The van der Waals surface area contributed by atoms with Crippen molar-refractivity contribution in [3.8, 4) is 0 Å². The van der Waals surface area contributed by atoms with Gasteiger partial charge in [-0.1, -0.05) is 44.0 Å². The molecule has 0 spiro atoms. The number of carboxylic acids is 1. The fraction of sp³-hybridized carbons (Fsp3) is 0.381. The van der Waals surface area contributed by atoms with Crippen LogP contribution in [-0.2, 0) is 27.8 Å². The summed E-state index contributed by atoms with van der Waals surface area (Å²) in [7, 11) is -3.65. The van der Waals surface area contributed by atoms with Crippen molar-refractivity contribution >= 4 is 21.7 Å². The zero-order valence-corrected chi connectivity index (χ0v) is 16.8. The predicted molar refractivity (Wildman–Crippen MR) is 109 cm³/mol. The lowest BCUT2D eigenvalue weighted by Crippen LogP contribution is -2.44. The molecule has 6 nitrogen and oxygen atoms in total. The number of nitrogens with one attached hydrogen (secondary N) is 1. The molecular weight excluding hydrogens is 376 g/mol. The van der Waals surface area contributed by atoms with Gasteiger partial charge in [0.05, 0.1) is 4.90 Å². The molecule has 7 heteroatoms. The van der Waals surface area contributed by atoms with Crippen molar-refractivity contribution in [3.05, 3.63) is 59.7 Å². The molecule has 0 aliphatic carbocycles. The lowest BCUT2D eigenvalue weighted by Gasteiger charge is -2.33. The maximum atomic E-state index is 12.6. The Hall–Kier alpha value is -2.38. The number of carbonyl (C=O) groups is 1. The number of unbranched alkanes of at least 4 members (excludes halogenated alkanes) is 1. The first-order chi connectivity index (χ1) is 13.4. The molecule has 2 aromatic carbocycles. The van der Waals surface area contributed by atoms with Crippen molar-refractivity contribution in [2.24, 2.45) is 0 Å². The van der Waals surface area contributed by atoms with E-state index in [0.717, 1.165) is 30.4 Å². The van der Waals surface area contributed by atoms with Crippen molar-refractivity contribution in [2.45, 2.75) is 50.1 Å². The minimum Gasteiger partial charge on any atom is -0.480 e. The molecular formula is C21H26N2O4S. The summed E-state index contributed by atoms with van der Waals surface area (Å²) >= 11 is 0. The van der Waals surface area contributed by atoms with E-state index in [0.29, 0.717) is 25.2 Å². The van der Waals surface area contributed by atoms with Crippen LogP contribution in [0.25, 0.3) is 0 Å². The van der Waals surface area contributed by atoms with E-state index in [1.165, 1.54) is 0 Å². The van der Waals surface area contributed by atoms with Gasteiger partial charge in [-0.3, -0.25) is 14.4 Å². The largest absolute Gasteiger partial charge is 0.480 e. The zero-order chi connectivity index (χ0) is 20.1. The maximum Gasteiger partial charge on any atom is 0.320 e. The highest BCUT2D eigenvalue weighted by Gasteiger charge is 2.28. The number of anilines is 1. The van der Waals surface area contributed by atoms with Gasteiger partial charge in [0.2, 0.25) is 0 Å². The number of hydrogen-bond donors (Lipinski definition) is 2. The van der Waals surface area contributed by atoms with E-state index >= 15 is 0 Å². The first-order valence-electron chi connectivity index (χ1n) is 9.57. The fourth-order valence-electron chi connectivity index (χ4n) is 3.58. The van der Waals surface area contributed by atoms with Crippen LogP contribution in [0.3, 0.4) is 0 Å². The number of nitrogens with zero attached hydrogens (tertiary/aromatic N) is 1. The summed E-state index contributed by atoms with van der Waals surface area (Å²) in [6.45, 7) is 3.26. The van der Waals surface area contributed by atoms with E-state index in [2.05, 4.69) is 11.6 Å². The molecule has 0 aromatic heterocycles. The molecule has 0 amide bonds. The van der Waals surface area contributed by atoms with Crippen molar-refractivity contribution in [1.29, 1.82) is 0 Å². The van der Waals surface area contributed by atoms with Crippen LogP contribution in [0, 0.1) is 0 Å². The van der Waals surface area contributed by atoms with Crippen LogP contribution in [0.2, 0.25) is 0 Å². The Kier molecular flexibility index (Phi) is 6.36. The molecule has 1 aliphatic heterocycles. The van der Waals surface area contributed by atoms with Crippen LogP contribution in [0.5, 0.6) is 0 Å². The summed E-state index contributed by atoms with van der Waals surface area (Å²) in [6, 6.07) is 13.2. The number of sulfonamides is 1. The first kappa shape index (κ1) is 20.4. The normalized spacial score (nSPS) is 15.6. The molecule has 1 atom stereocenters. The molecule has 0 radical (unpaired) electrons. The Bertz CT molecular complexity index is 929. The minimum absolute atomic E-state index is 0.208. The first-order valence-corrected chi connectivity index (χ1v) is 11.1. The van der Waals surface area contributed by atoms with E-state index in [1.807, 2.05) is 17.0 Å². The highest BCUT2D eigenvalue weighted by Crippen LogP contribution is 2.26. The standard InChI is InChI=1S/C21H26N2O4S/c1-2-3-9-20(21(24)25)23-13-12-16-10-11-18(14-17(16)15-23)22-28(26,27)19-7-5-4-6-8-19/h4-8,10-11,14,20,22H,2-3,9,12-13,15H2,1H3,(H,24,25). The lowest BCUT2D eigenvalue weighted by atomic mass is 9.96. The number of aliphatic carboxylic acids is 1. The third kappa shape index (κ3) is 4.72. The van der Waals surface area contributed by atoms with Gasteiger partial charge >= 0.3 is 5.97 Å². The predicted octanol–water partition coefficient (Wildman–Crippen LogP) is 3.49. The molecule has 3 rings (SSSR count). The Labute approximate surface area is 166 Å². The SMILES string of the molecule is CCCCC(C(=O)O)N1CCc2ccc(NS(=O)(=O)c3ccccc3)cc2C1. The quantitative estimate of drug-likeness (QED) is 0.706. The van der Waals surface area contributed by atoms with Gasteiger partial charge in [0.15, 0.2) is 0 Å². The fourth-order valence-corrected chi connectivity index (χ4v) is 4.65. The third-order valence-electron chi connectivity index (χ3n) is 5.11. The summed E-state index contributed by atoms with van der Waals surface area (Å²) < 4.78 is 27.7. The second kappa shape index (κ2) is 8.75. The van der Waals surface area contributed by atoms with Crippen LogP contribution >= 0.6 is 0 Å². The molecule has 28 heavy (non-hydrogen) atoms. The van der Waals surface area contributed by atoms with Crippen molar-refractivity contribution in [2.75, 3.05) is 11.3 Å². The number of benzene rings is 2. The van der Waals surface area contributed by atoms with Gasteiger partial charge in [-0.2, -0.15) is 0 Å². The molecule has 0 bridgehead atoms. The Balaban J connectivity index is 1.79. The van der Waals surface area contributed by atoms with E-state index < -0.39 is 22.0 Å². The molecule has 0 fully saturated rings. The topological polar surface area (TPSA) is 86.7 Å². The van der Waals surface area contributed by atoms with Crippen molar-refractivity contribution in [3.63, 3.8) is 0 Å². The van der Waals surface area contributed by atoms with Gasteiger partial charge < -0.3 is 5.11 Å². The number of fused-ring (bicyclic) bond motifs is 1. The number of carboxylic acid groups (broad SMARTS) is 1. The van der Waals surface area contributed by atoms with Crippen LogP contribution in [0.15, 0.2) is 53.4 Å². The summed E-state index contributed by atoms with van der Waals surface area (Å²) in [4.78, 5) is 13.9. The third-order valence-corrected chi connectivity index (χ3v) is 6.51. The van der Waals surface area contributed by atoms with Crippen LogP contribution in [-0.4, -0.2) is 37.0 Å². The van der Waals surface area contributed by atoms with Crippen molar-refractivity contribution < 1.29 is 18.3 Å². The molecule has 1 unspecified atom stereocenters. The summed E-state index contributed by atoms with van der Waals surface area (Å²) in [5.41, 5.74) is 2.60. The van der Waals surface area contributed by atoms with E-state index in [-0.39, 0.29) is 4.90 Å². The molecule has 150 valence electrons. The van der Waals surface area contributed by atoms with E-state index in [4.69, 9.17) is 0 Å². The van der Waals surface area contributed by atoms with Crippen LogP contribution in [0.4, 0.5) is 5.69 Å². The zero-order valence-electron chi connectivity index (χ0n) is 16.0. The van der Waals surface area contributed by atoms with Gasteiger partial charge in [-0.05, 0) is 48.2 Å². The van der Waals surface area contributed by atoms with Gasteiger partial charge in [-0.25, -0.2) is 8.42 Å². The molecule has 0 saturated carbocycles. The Morgan fingerprint density at radius 3 is 2.61 bits per heavy atom. The van der Waals surface area contributed by atoms with Crippen LogP contribution < -0.4 is 4.72 Å². The lowest BCUT2D eigenvalue weighted by molar-refractivity contribution is -0.144. The van der Waals surface area contributed by atoms with E-state index in [9.17, 15) is 18.3 Å². The smallest absolute Gasteiger partial charge is 0.320 e. The van der Waals surface area contributed by atoms with E-state index in [1.54, 1.807) is 36.4 Å². The molecule has 0 saturated heterocycles. The molecule has 2 N–H and O–H groups in total.